The van der Waals surface area contributed by atoms with E-state index in [1.807, 2.05) is 55.5 Å². The topological polar surface area (TPSA) is 48.5 Å². The second-order valence-electron chi connectivity index (χ2n) is 4.97. The zero-order valence-electron chi connectivity index (χ0n) is 12.9. The largest absolute Gasteiger partial charge is 0.300 e. The number of benzene rings is 2. The third-order valence-electron chi connectivity index (χ3n) is 3.03. The second kappa shape index (κ2) is 8.06. The number of halogens is 1. The number of hydrogen-bond acceptors (Lipinski definition) is 4. The van der Waals surface area contributed by atoms with Crippen LogP contribution in [0.25, 0.3) is 5.70 Å². The third kappa shape index (κ3) is 5.20. The first-order valence-electron chi connectivity index (χ1n) is 7.07. The molecular formula is C18H19ClN4. The molecule has 0 atom stereocenters. The van der Waals surface area contributed by atoms with Gasteiger partial charge in [0, 0.05) is 5.56 Å². The molecule has 0 spiro atoms. The summed E-state index contributed by atoms with van der Waals surface area (Å²) in [6.07, 6.45) is 1.71. The van der Waals surface area contributed by atoms with Gasteiger partial charge in [0.2, 0.25) is 0 Å². The van der Waals surface area contributed by atoms with Crippen LogP contribution < -0.4 is 16.3 Å². The van der Waals surface area contributed by atoms with E-state index in [0.29, 0.717) is 16.5 Å². The Balaban J connectivity index is 1.82. The maximum absolute atomic E-state index is 6.20. The number of rotatable bonds is 7. The van der Waals surface area contributed by atoms with Gasteiger partial charge in [-0.1, -0.05) is 67.2 Å². The lowest BCUT2D eigenvalue weighted by molar-refractivity contribution is 0.671. The van der Waals surface area contributed by atoms with Gasteiger partial charge >= 0.3 is 0 Å². The summed E-state index contributed by atoms with van der Waals surface area (Å²) in [5.41, 5.74) is 12.2. The third-order valence-corrected chi connectivity index (χ3v) is 3.34. The van der Waals surface area contributed by atoms with Crippen LogP contribution in [0, 0.1) is 6.92 Å². The van der Waals surface area contributed by atoms with Crippen LogP contribution in [0.4, 0.5) is 0 Å². The molecule has 0 bridgehead atoms. The summed E-state index contributed by atoms with van der Waals surface area (Å²) in [6.45, 7) is 9.75. The van der Waals surface area contributed by atoms with E-state index in [1.165, 1.54) is 0 Å². The van der Waals surface area contributed by atoms with Crippen LogP contribution in [0.5, 0.6) is 0 Å². The van der Waals surface area contributed by atoms with Gasteiger partial charge in [-0.15, -0.1) is 0 Å². The van der Waals surface area contributed by atoms with Crippen LogP contribution in [-0.2, 0) is 0 Å². The minimum atomic E-state index is 0.488. The molecule has 0 unspecified atom stereocenters. The molecule has 0 aromatic heterocycles. The minimum absolute atomic E-state index is 0.488. The maximum atomic E-state index is 6.20. The first kappa shape index (κ1) is 16.6. The van der Waals surface area contributed by atoms with Crippen LogP contribution >= 0.6 is 11.6 Å². The fourth-order valence-electron chi connectivity index (χ4n) is 1.83. The summed E-state index contributed by atoms with van der Waals surface area (Å²) in [4.78, 5) is 0. The monoisotopic (exact) mass is 326 g/mol. The van der Waals surface area contributed by atoms with Crippen LogP contribution in [0.2, 0.25) is 5.02 Å². The number of nitrogens with zero attached hydrogens (tertiary/aromatic N) is 1. The fourth-order valence-corrected chi connectivity index (χ4v) is 2.18. The molecule has 4 nitrogen and oxygen atoms in total. The first-order valence-corrected chi connectivity index (χ1v) is 7.44. The van der Waals surface area contributed by atoms with Gasteiger partial charge in [0.25, 0.3) is 0 Å². The number of aryl methyl sites for hydroxylation is 1. The molecule has 23 heavy (non-hydrogen) atoms. The Bertz CT molecular complexity index is 723. The van der Waals surface area contributed by atoms with Crippen molar-refractivity contribution >= 4 is 23.5 Å². The lowest BCUT2D eigenvalue weighted by atomic mass is 10.1. The summed E-state index contributed by atoms with van der Waals surface area (Å²) >= 11 is 6.20. The highest BCUT2D eigenvalue weighted by molar-refractivity contribution is 6.32. The Morgan fingerprint density at radius 3 is 2.52 bits per heavy atom. The zero-order chi connectivity index (χ0) is 16.7. The zero-order valence-corrected chi connectivity index (χ0v) is 13.7. The highest BCUT2D eigenvalue weighted by Crippen LogP contribution is 2.22. The standard InChI is InChI=1S/C18H19ClN4/c1-13-9-10-17(18(19)11-13)14(2)21-23-15(3)22-20-12-16-7-5-4-6-8-16/h4-12,21-23H,2-3H2,1H3/b20-12+. The van der Waals surface area contributed by atoms with E-state index >= 15 is 0 Å². The Morgan fingerprint density at radius 1 is 1.09 bits per heavy atom. The highest BCUT2D eigenvalue weighted by Gasteiger charge is 2.04. The van der Waals surface area contributed by atoms with E-state index in [9.17, 15) is 0 Å². The van der Waals surface area contributed by atoms with Gasteiger partial charge in [0.15, 0.2) is 0 Å². The van der Waals surface area contributed by atoms with E-state index in [1.54, 1.807) is 6.21 Å². The van der Waals surface area contributed by atoms with Gasteiger partial charge in [0.1, 0.15) is 5.82 Å². The van der Waals surface area contributed by atoms with Gasteiger partial charge in [0.05, 0.1) is 16.9 Å². The lowest BCUT2D eigenvalue weighted by Gasteiger charge is -2.14. The Labute approximate surface area is 141 Å². The van der Waals surface area contributed by atoms with Crippen LogP contribution in [0.3, 0.4) is 0 Å². The maximum Gasteiger partial charge on any atom is 0.131 e. The summed E-state index contributed by atoms with van der Waals surface area (Å²) < 4.78 is 0. The normalized spacial score (nSPS) is 10.3. The molecule has 0 aliphatic heterocycles. The van der Waals surface area contributed by atoms with Crippen LogP contribution in [-0.4, -0.2) is 6.21 Å². The molecule has 3 N–H and O–H groups in total. The Hall–Kier alpha value is -2.72. The van der Waals surface area contributed by atoms with Crippen molar-refractivity contribution in [2.45, 2.75) is 6.92 Å². The summed E-state index contributed by atoms with van der Waals surface area (Å²) in [7, 11) is 0. The van der Waals surface area contributed by atoms with E-state index < -0.39 is 0 Å². The molecule has 0 radical (unpaired) electrons. The molecule has 2 aromatic carbocycles. The molecular weight excluding hydrogens is 308 g/mol. The summed E-state index contributed by atoms with van der Waals surface area (Å²) in [5, 5.41) is 4.73. The molecule has 0 saturated heterocycles. The fraction of sp³-hybridized carbons (Fsp3) is 0.0556. The van der Waals surface area contributed by atoms with Crippen molar-refractivity contribution in [3.05, 3.63) is 89.2 Å². The first-order chi connectivity index (χ1) is 11.1. The summed E-state index contributed by atoms with van der Waals surface area (Å²) in [5.74, 6) is 0.488. The van der Waals surface area contributed by atoms with Crippen molar-refractivity contribution in [1.29, 1.82) is 0 Å². The predicted molar refractivity (Wildman–Crippen MR) is 97.8 cm³/mol. The quantitative estimate of drug-likeness (QED) is 0.535. The Kier molecular flexibility index (Phi) is 5.83. The van der Waals surface area contributed by atoms with E-state index in [-0.39, 0.29) is 0 Å². The molecule has 0 aliphatic rings. The van der Waals surface area contributed by atoms with Gasteiger partial charge in [-0.2, -0.15) is 5.10 Å². The van der Waals surface area contributed by atoms with E-state index in [4.69, 9.17) is 11.6 Å². The minimum Gasteiger partial charge on any atom is -0.300 e. The molecule has 0 amide bonds. The smallest absolute Gasteiger partial charge is 0.131 e. The van der Waals surface area contributed by atoms with Crippen molar-refractivity contribution in [3.63, 3.8) is 0 Å². The number of nitrogens with one attached hydrogen (secondary N) is 3. The van der Waals surface area contributed by atoms with E-state index in [2.05, 4.69) is 34.5 Å². The average Bonchev–Trinajstić information content (AvgIpc) is 2.53. The number of hydrazine groups is 1. The summed E-state index contributed by atoms with van der Waals surface area (Å²) in [6, 6.07) is 15.6. The van der Waals surface area contributed by atoms with Crippen molar-refractivity contribution in [3.8, 4) is 0 Å². The number of hydrazone groups is 1. The van der Waals surface area contributed by atoms with E-state index in [0.717, 1.165) is 16.7 Å². The molecule has 0 saturated carbocycles. The van der Waals surface area contributed by atoms with Crippen molar-refractivity contribution in [1.82, 2.24) is 16.3 Å². The second-order valence-corrected chi connectivity index (χ2v) is 5.38. The van der Waals surface area contributed by atoms with Gasteiger partial charge in [-0.3, -0.25) is 16.3 Å². The van der Waals surface area contributed by atoms with Gasteiger partial charge in [-0.25, -0.2) is 0 Å². The molecule has 0 aliphatic carbocycles. The lowest BCUT2D eigenvalue weighted by Crippen LogP contribution is -2.33. The van der Waals surface area contributed by atoms with Crippen LogP contribution in [0.1, 0.15) is 16.7 Å². The average molecular weight is 327 g/mol. The SMILES string of the molecule is C=C(N/N=C/c1ccccc1)NNC(=C)c1ccc(C)cc1Cl. The van der Waals surface area contributed by atoms with Crippen LogP contribution in [0.15, 0.2) is 72.6 Å². The molecule has 118 valence electrons. The highest BCUT2D eigenvalue weighted by atomic mass is 35.5. The molecule has 2 aromatic rings. The van der Waals surface area contributed by atoms with Crippen molar-refractivity contribution in [2.24, 2.45) is 5.10 Å². The molecule has 2 rings (SSSR count). The van der Waals surface area contributed by atoms with Crippen molar-refractivity contribution < 1.29 is 0 Å². The predicted octanol–water partition coefficient (Wildman–Crippen LogP) is 3.81. The van der Waals surface area contributed by atoms with Crippen molar-refractivity contribution in [2.75, 3.05) is 0 Å². The molecule has 0 fully saturated rings. The number of hydrogen-bond donors (Lipinski definition) is 3. The molecule has 0 heterocycles. The van der Waals surface area contributed by atoms with Gasteiger partial charge < -0.3 is 0 Å². The Morgan fingerprint density at radius 2 is 1.83 bits per heavy atom. The van der Waals surface area contributed by atoms with Gasteiger partial charge in [-0.05, 0) is 24.1 Å². The molecule has 5 heteroatoms.